The Labute approximate surface area is 106 Å². The average Bonchev–Trinajstić information content (AvgIpc) is 2.66. The molecule has 0 aliphatic rings. The molecule has 0 fully saturated rings. The highest BCUT2D eigenvalue weighted by Gasteiger charge is 2.21. The van der Waals surface area contributed by atoms with E-state index in [9.17, 15) is 0 Å². The van der Waals surface area contributed by atoms with Crippen molar-refractivity contribution in [3.8, 4) is 0 Å². The molecular formula is C14H27N3. The highest BCUT2D eigenvalue weighted by atomic mass is 15.1. The van der Waals surface area contributed by atoms with Crippen LogP contribution in [0.5, 0.6) is 0 Å². The van der Waals surface area contributed by atoms with Crippen molar-refractivity contribution < 1.29 is 0 Å². The summed E-state index contributed by atoms with van der Waals surface area (Å²) >= 11 is 0. The normalized spacial score (nSPS) is 12.4. The summed E-state index contributed by atoms with van der Waals surface area (Å²) in [5.74, 6) is 0.690. The Kier molecular flexibility index (Phi) is 5.19. The zero-order valence-corrected chi connectivity index (χ0v) is 12.0. The molecule has 1 aromatic rings. The molecule has 98 valence electrons. The second-order valence-corrected chi connectivity index (χ2v) is 5.83. The molecule has 1 aromatic heterocycles. The van der Waals surface area contributed by atoms with Crippen LogP contribution < -0.4 is 5.32 Å². The molecule has 0 radical (unpaired) electrons. The van der Waals surface area contributed by atoms with E-state index in [0.717, 1.165) is 26.1 Å². The summed E-state index contributed by atoms with van der Waals surface area (Å²) in [6.45, 7) is 14.4. The SMILES string of the molecule is CCCn1cncc1CNCC(C)(C)C(C)C. The number of nitrogens with one attached hydrogen (secondary N) is 1. The summed E-state index contributed by atoms with van der Waals surface area (Å²) in [5, 5.41) is 3.55. The summed E-state index contributed by atoms with van der Waals surface area (Å²) in [6, 6.07) is 0. The third-order valence-electron chi connectivity index (χ3n) is 3.71. The minimum atomic E-state index is 0.343. The summed E-state index contributed by atoms with van der Waals surface area (Å²) in [6.07, 6.45) is 5.04. The molecular weight excluding hydrogens is 210 g/mol. The van der Waals surface area contributed by atoms with E-state index in [1.54, 1.807) is 0 Å². The van der Waals surface area contributed by atoms with Gasteiger partial charge in [-0.3, -0.25) is 0 Å². The van der Waals surface area contributed by atoms with E-state index in [1.807, 2.05) is 12.5 Å². The van der Waals surface area contributed by atoms with Gasteiger partial charge in [-0.05, 0) is 17.8 Å². The second kappa shape index (κ2) is 6.20. The fourth-order valence-electron chi connectivity index (χ4n) is 1.65. The van der Waals surface area contributed by atoms with Gasteiger partial charge in [0.15, 0.2) is 0 Å². The van der Waals surface area contributed by atoms with Gasteiger partial charge in [-0.15, -0.1) is 0 Å². The van der Waals surface area contributed by atoms with Crippen molar-refractivity contribution in [1.82, 2.24) is 14.9 Å². The standard InChI is InChI=1S/C14H27N3/c1-6-7-17-11-16-9-13(17)8-15-10-14(4,5)12(2)3/h9,11-12,15H,6-8,10H2,1-5H3. The fraction of sp³-hybridized carbons (Fsp3) is 0.786. The number of rotatable bonds is 7. The lowest BCUT2D eigenvalue weighted by atomic mass is 9.81. The van der Waals surface area contributed by atoms with E-state index < -0.39 is 0 Å². The Morgan fingerprint density at radius 2 is 2.12 bits per heavy atom. The molecule has 17 heavy (non-hydrogen) atoms. The van der Waals surface area contributed by atoms with Gasteiger partial charge in [-0.25, -0.2) is 4.98 Å². The molecule has 0 saturated heterocycles. The molecule has 0 saturated carbocycles. The van der Waals surface area contributed by atoms with Gasteiger partial charge in [-0.1, -0.05) is 34.6 Å². The summed E-state index contributed by atoms with van der Waals surface area (Å²) in [5.41, 5.74) is 1.63. The smallest absolute Gasteiger partial charge is 0.0948 e. The topological polar surface area (TPSA) is 29.9 Å². The van der Waals surface area contributed by atoms with Crippen molar-refractivity contribution in [2.45, 2.75) is 54.1 Å². The Morgan fingerprint density at radius 1 is 1.41 bits per heavy atom. The molecule has 3 nitrogen and oxygen atoms in total. The number of hydrogen-bond acceptors (Lipinski definition) is 2. The van der Waals surface area contributed by atoms with Crippen LogP contribution in [0.25, 0.3) is 0 Å². The van der Waals surface area contributed by atoms with Gasteiger partial charge < -0.3 is 9.88 Å². The molecule has 0 aromatic carbocycles. The lowest BCUT2D eigenvalue weighted by Gasteiger charge is -2.29. The van der Waals surface area contributed by atoms with E-state index in [-0.39, 0.29) is 0 Å². The third-order valence-corrected chi connectivity index (χ3v) is 3.71. The molecule has 0 aliphatic carbocycles. The Hall–Kier alpha value is -0.830. The summed E-state index contributed by atoms with van der Waals surface area (Å²) in [7, 11) is 0. The Balaban J connectivity index is 2.43. The van der Waals surface area contributed by atoms with Crippen molar-refractivity contribution in [2.75, 3.05) is 6.54 Å². The maximum atomic E-state index is 4.21. The van der Waals surface area contributed by atoms with Crippen LogP contribution in [0, 0.1) is 11.3 Å². The third kappa shape index (κ3) is 4.15. The van der Waals surface area contributed by atoms with Crippen LogP contribution in [0.2, 0.25) is 0 Å². The summed E-state index contributed by atoms with van der Waals surface area (Å²) in [4.78, 5) is 4.21. The van der Waals surface area contributed by atoms with Crippen LogP contribution >= 0.6 is 0 Å². The molecule has 0 amide bonds. The van der Waals surface area contributed by atoms with Gasteiger partial charge in [0.2, 0.25) is 0 Å². The van der Waals surface area contributed by atoms with Crippen molar-refractivity contribution >= 4 is 0 Å². The predicted octanol–water partition coefficient (Wildman–Crippen LogP) is 3.06. The van der Waals surface area contributed by atoms with Gasteiger partial charge in [0.05, 0.1) is 12.0 Å². The van der Waals surface area contributed by atoms with Crippen LogP contribution in [0.4, 0.5) is 0 Å². The number of aromatic nitrogens is 2. The van der Waals surface area contributed by atoms with Crippen molar-refractivity contribution in [3.63, 3.8) is 0 Å². The first-order chi connectivity index (χ1) is 7.97. The second-order valence-electron chi connectivity index (χ2n) is 5.83. The van der Waals surface area contributed by atoms with Gasteiger partial charge in [-0.2, -0.15) is 0 Å². The predicted molar refractivity (Wildman–Crippen MR) is 72.8 cm³/mol. The summed E-state index contributed by atoms with van der Waals surface area (Å²) < 4.78 is 2.23. The molecule has 0 spiro atoms. The lowest BCUT2D eigenvalue weighted by Crippen LogP contribution is -2.33. The van der Waals surface area contributed by atoms with E-state index >= 15 is 0 Å². The number of aryl methyl sites for hydroxylation is 1. The van der Waals surface area contributed by atoms with Crippen molar-refractivity contribution in [2.24, 2.45) is 11.3 Å². The number of hydrogen-bond donors (Lipinski definition) is 1. The number of nitrogens with zero attached hydrogens (tertiary/aromatic N) is 2. The van der Waals surface area contributed by atoms with Gasteiger partial charge >= 0.3 is 0 Å². The quantitative estimate of drug-likeness (QED) is 0.790. The molecule has 0 bridgehead atoms. The largest absolute Gasteiger partial charge is 0.333 e. The van der Waals surface area contributed by atoms with E-state index in [0.29, 0.717) is 11.3 Å². The molecule has 0 aliphatic heterocycles. The van der Waals surface area contributed by atoms with Gasteiger partial charge in [0.1, 0.15) is 0 Å². The van der Waals surface area contributed by atoms with Crippen LogP contribution in [0.15, 0.2) is 12.5 Å². The molecule has 1 heterocycles. The van der Waals surface area contributed by atoms with Crippen molar-refractivity contribution in [3.05, 3.63) is 18.2 Å². The Bertz CT molecular complexity index is 326. The van der Waals surface area contributed by atoms with Gasteiger partial charge in [0.25, 0.3) is 0 Å². The molecule has 0 atom stereocenters. The zero-order valence-electron chi connectivity index (χ0n) is 12.0. The number of imidazole rings is 1. The molecule has 1 rings (SSSR count). The Morgan fingerprint density at radius 3 is 2.71 bits per heavy atom. The first-order valence-electron chi connectivity index (χ1n) is 6.67. The van der Waals surface area contributed by atoms with E-state index in [4.69, 9.17) is 0 Å². The van der Waals surface area contributed by atoms with Crippen molar-refractivity contribution in [1.29, 1.82) is 0 Å². The molecule has 0 unspecified atom stereocenters. The first kappa shape index (κ1) is 14.2. The molecule has 1 N–H and O–H groups in total. The van der Waals surface area contributed by atoms with E-state index in [2.05, 4.69) is 49.5 Å². The van der Waals surface area contributed by atoms with Gasteiger partial charge in [0, 0.05) is 25.8 Å². The average molecular weight is 237 g/mol. The van der Waals surface area contributed by atoms with E-state index in [1.165, 1.54) is 5.69 Å². The lowest BCUT2D eigenvalue weighted by molar-refractivity contribution is 0.237. The zero-order chi connectivity index (χ0) is 12.9. The van der Waals surface area contributed by atoms with Crippen LogP contribution in [-0.4, -0.2) is 16.1 Å². The monoisotopic (exact) mass is 237 g/mol. The maximum Gasteiger partial charge on any atom is 0.0948 e. The first-order valence-corrected chi connectivity index (χ1v) is 6.67. The van der Waals surface area contributed by atoms with Crippen LogP contribution in [-0.2, 0) is 13.1 Å². The molecule has 3 heteroatoms. The minimum Gasteiger partial charge on any atom is -0.333 e. The van der Waals surface area contributed by atoms with Crippen LogP contribution in [0.1, 0.15) is 46.7 Å². The minimum absolute atomic E-state index is 0.343. The van der Waals surface area contributed by atoms with Crippen LogP contribution in [0.3, 0.4) is 0 Å². The fourth-order valence-corrected chi connectivity index (χ4v) is 1.65. The highest BCUT2D eigenvalue weighted by Crippen LogP contribution is 2.24. The highest BCUT2D eigenvalue weighted by molar-refractivity contribution is 4.98. The maximum absolute atomic E-state index is 4.21.